The molecular weight excluding hydrogens is 262 g/mol. The number of aromatic nitrogens is 2. The van der Waals surface area contributed by atoms with Gasteiger partial charge in [-0.1, -0.05) is 6.07 Å². The molecule has 1 unspecified atom stereocenters. The summed E-state index contributed by atoms with van der Waals surface area (Å²) in [4.78, 5) is 22.5. The van der Waals surface area contributed by atoms with Gasteiger partial charge in [-0.2, -0.15) is 0 Å². The van der Waals surface area contributed by atoms with E-state index < -0.39 is 5.97 Å². The van der Waals surface area contributed by atoms with Crippen LogP contribution in [0.4, 0.5) is 5.82 Å². The third-order valence-electron chi connectivity index (χ3n) is 3.28. The predicted octanol–water partition coefficient (Wildman–Crippen LogP) is 2.58. The average molecular weight is 275 g/mol. The molecule has 0 saturated carbocycles. The summed E-state index contributed by atoms with van der Waals surface area (Å²) < 4.78 is 0. The van der Waals surface area contributed by atoms with Gasteiger partial charge in [0.15, 0.2) is 5.69 Å². The first-order valence-corrected chi connectivity index (χ1v) is 6.99. The SMILES string of the molecule is O=C(O)c1cnc(N2CCCC2c2cccs2)cn1. The van der Waals surface area contributed by atoms with E-state index in [1.807, 2.05) is 0 Å². The maximum atomic E-state index is 10.8. The molecule has 1 fully saturated rings. The molecule has 1 saturated heterocycles. The van der Waals surface area contributed by atoms with E-state index in [4.69, 9.17) is 5.11 Å². The van der Waals surface area contributed by atoms with Gasteiger partial charge in [0.2, 0.25) is 0 Å². The van der Waals surface area contributed by atoms with Gasteiger partial charge in [-0.05, 0) is 24.3 Å². The first kappa shape index (κ1) is 12.1. The van der Waals surface area contributed by atoms with Gasteiger partial charge in [0, 0.05) is 11.4 Å². The van der Waals surface area contributed by atoms with Crippen molar-refractivity contribution < 1.29 is 9.90 Å². The molecule has 3 rings (SSSR count). The molecular formula is C13H13N3O2S. The number of anilines is 1. The Morgan fingerprint density at radius 1 is 1.42 bits per heavy atom. The number of hydrogen-bond donors (Lipinski definition) is 1. The van der Waals surface area contributed by atoms with E-state index in [9.17, 15) is 4.79 Å². The molecule has 98 valence electrons. The molecule has 19 heavy (non-hydrogen) atoms. The highest BCUT2D eigenvalue weighted by atomic mass is 32.1. The molecule has 0 amide bonds. The maximum absolute atomic E-state index is 10.8. The molecule has 1 N–H and O–H groups in total. The van der Waals surface area contributed by atoms with Crippen LogP contribution in [0.25, 0.3) is 0 Å². The van der Waals surface area contributed by atoms with Crippen LogP contribution in [-0.2, 0) is 0 Å². The fourth-order valence-electron chi connectivity index (χ4n) is 2.40. The monoisotopic (exact) mass is 275 g/mol. The summed E-state index contributed by atoms with van der Waals surface area (Å²) >= 11 is 1.74. The molecule has 0 spiro atoms. The largest absolute Gasteiger partial charge is 0.476 e. The highest BCUT2D eigenvalue weighted by Gasteiger charge is 2.28. The van der Waals surface area contributed by atoms with Crippen LogP contribution in [0.2, 0.25) is 0 Å². The van der Waals surface area contributed by atoms with Crippen LogP contribution < -0.4 is 4.90 Å². The minimum absolute atomic E-state index is 0.0179. The molecule has 1 aliphatic heterocycles. The number of rotatable bonds is 3. The van der Waals surface area contributed by atoms with Gasteiger partial charge in [0.1, 0.15) is 5.82 Å². The van der Waals surface area contributed by atoms with E-state index in [0.29, 0.717) is 6.04 Å². The van der Waals surface area contributed by atoms with Gasteiger partial charge in [0.05, 0.1) is 18.4 Å². The van der Waals surface area contributed by atoms with Crippen LogP contribution >= 0.6 is 11.3 Å². The van der Waals surface area contributed by atoms with E-state index >= 15 is 0 Å². The van der Waals surface area contributed by atoms with E-state index in [2.05, 4.69) is 32.4 Å². The van der Waals surface area contributed by atoms with Gasteiger partial charge < -0.3 is 10.0 Å². The second-order valence-electron chi connectivity index (χ2n) is 4.43. The van der Waals surface area contributed by atoms with Crippen LogP contribution in [0.15, 0.2) is 29.9 Å². The lowest BCUT2D eigenvalue weighted by Gasteiger charge is -2.24. The van der Waals surface area contributed by atoms with Crippen molar-refractivity contribution in [2.24, 2.45) is 0 Å². The number of carboxylic acids is 1. The minimum atomic E-state index is -1.05. The lowest BCUT2D eigenvalue weighted by atomic mass is 10.2. The highest BCUT2D eigenvalue weighted by molar-refractivity contribution is 7.10. The Kier molecular flexibility index (Phi) is 3.16. The zero-order valence-corrected chi connectivity index (χ0v) is 11.0. The molecule has 3 heterocycles. The van der Waals surface area contributed by atoms with Crippen molar-refractivity contribution in [2.75, 3.05) is 11.4 Å². The van der Waals surface area contributed by atoms with E-state index in [1.54, 1.807) is 17.5 Å². The Bertz CT molecular complexity index is 568. The molecule has 0 aromatic carbocycles. The fraction of sp³-hybridized carbons (Fsp3) is 0.308. The summed E-state index contributed by atoms with van der Waals surface area (Å²) in [5.41, 5.74) is -0.0179. The Labute approximate surface area is 114 Å². The smallest absolute Gasteiger partial charge is 0.356 e. The lowest BCUT2D eigenvalue weighted by Crippen LogP contribution is -2.23. The zero-order chi connectivity index (χ0) is 13.2. The average Bonchev–Trinajstić information content (AvgIpc) is 3.09. The number of aromatic carboxylic acids is 1. The molecule has 1 aliphatic rings. The molecule has 2 aromatic rings. The van der Waals surface area contributed by atoms with Crippen molar-refractivity contribution in [2.45, 2.75) is 18.9 Å². The Hall–Kier alpha value is -1.95. The Balaban J connectivity index is 1.86. The number of carboxylic acid groups (broad SMARTS) is 1. The summed E-state index contributed by atoms with van der Waals surface area (Å²) in [6.07, 6.45) is 5.09. The van der Waals surface area contributed by atoms with Gasteiger partial charge >= 0.3 is 5.97 Å². The van der Waals surface area contributed by atoms with Gasteiger partial charge in [0.25, 0.3) is 0 Å². The maximum Gasteiger partial charge on any atom is 0.356 e. The van der Waals surface area contributed by atoms with Crippen molar-refractivity contribution in [3.8, 4) is 0 Å². The first-order valence-electron chi connectivity index (χ1n) is 6.11. The van der Waals surface area contributed by atoms with E-state index in [-0.39, 0.29) is 5.69 Å². The number of thiophene rings is 1. The van der Waals surface area contributed by atoms with Crippen molar-refractivity contribution in [1.82, 2.24) is 9.97 Å². The first-order chi connectivity index (χ1) is 9.25. The number of hydrogen-bond acceptors (Lipinski definition) is 5. The molecule has 0 bridgehead atoms. The Morgan fingerprint density at radius 2 is 2.32 bits per heavy atom. The molecule has 0 radical (unpaired) electrons. The van der Waals surface area contributed by atoms with Crippen molar-refractivity contribution in [3.05, 3.63) is 40.5 Å². The molecule has 1 atom stereocenters. The number of carbonyl (C=O) groups is 1. The lowest BCUT2D eigenvalue weighted by molar-refractivity contribution is 0.0690. The summed E-state index contributed by atoms with van der Waals surface area (Å²) in [6, 6.07) is 4.52. The van der Waals surface area contributed by atoms with Crippen molar-refractivity contribution in [1.29, 1.82) is 0 Å². The zero-order valence-electron chi connectivity index (χ0n) is 10.2. The normalized spacial score (nSPS) is 18.7. The molecule has 5 nitrogen and oxygen atoms in total. The topological polar surface area (TPSA) is 66.3 Å². The predicted molar refractivity (Wildman–Crippen MR) is 72.6 cm³/mol. The van der Waals surface area contributed by atoms with E-state index in [1.165, 1.54) is 11.1 Å². The molecule has 6 heteroatoms. The van der Waals surface area contributed by atoms with Gasteiger partial charge in [-0.15, -0.1) is 11.3 Å². The minimum Gasteiger partial charge on any atom is -0.476 e. The van der Waals surface area contributed by atoms with E-state index in [0.717, 1.165) is 25.2 Å². The van der Waals surface area contributed by atoms with Crippen LogP contribution in [0.3, 0.4) is 0 Å². The second kappa shape index (κ2) is 4.97. The van der Waals surface area contributed by atoms with Gasteiger partial charge in [-0.25, -0.2) is 14.8 Å². The van der Waals surface area contributed by atoms with Gasteiger partial charge in [-0.3, -0.25) is 0 Å². The van der Waals surface area contributed by atoms with Crippen LogP contribution in [0.5, 0.6) is 0 Å². The van der Waals surface area contributed by atoms with Crippen molar-refractivity contribution >= 4 is 23.1 Å². The number of nitrogens with zero attached hydrogens (tertiary/aromatic N) is 3. The summed E-state index contributed by atoms with van der Waals surface area (Å²) in [5, 5.41) is 10.9. The highest BCUT2D eigenvalue weighted by Crippen LogP contribution is 2.36. The summed E-state index contributed by atoms with van der Waals surface area (Å²) in [5.74, 6) is -0.295. The standard InChI is InChI=1S/C13H13N3O2S/c17-13(18)9-7-15-12(8-14-9)16-5-1-3-10(16)11-4-2-6-19-11/h2,4,6-8,10H,1,3,5H2,(H,17,18). The third-order valence-corrected chi connectivity index (χ3v) is 4.25. The summed E-state index contributed by atoms with van der Waals surface area (Å²) in [6.45, 7) is 0.934. The van der Waals surface area contributed by atoms with Crippen molar-refractivity contribution in [3.63, 3.8) is 0 Å². The third kappa shape index (κ3) is 2.31. The molecule has 0 aliphatic carbocycles. The van der Waals surface area contributed by atoms with Crippen LogP contribution in [0, 0.1) is 0 Å². The fourth-order valence-corrected chi connectivity index (χ4v) is 3.27. The van der Waals surface area contributed by atoms with Crippen LogP contribution in [0.1, 0.15) is 34.2 Å². The quantitative estimate of drug-likeness (QED) is 0.932. The van der Waals surface area contributed by atoms with Crippen LogP contribution in [-0.4, -0.2) is 27.6 Å². The summed E-state index contributed by atoms with van der Waals surface area (Å²) in [7, 11) is 0. The molecule has 2 aromatic heterocycles. The second-order valence-corrected chi connectivity index (χ2v) is 5.41. The Morgan fingerprint density at radius 3 is 2.95 bits per heavy atom.